The zero-order valence-corrected chi connectivity index (χ0v) is 29.4. The molecule has 3 nitrogen and oxygen atoms in total. The van der Waals surface area contributed by atoms with E-state index in [1.807, 2.05) is 22.7 Å². The van der Waals surface area contributed by atoms with Crippen molar-refractivity contribution < 1.29 is 4.63 Å². The molecule has 0 saturated carbocycles. The van der Waals surface area contributed by atoms with Gasteiger partial charge in [0.15, 0.2) is 0 Å². The van der Waals surface area contributed by atoms with Crippen molar-refractivity contribution in [3.05, 3.63) is 35.0 Å². The van der Waals surface area contributed by atoms with Crippen molar-refractivity contribution in [3.63, 3.8) is 0 Å². The van der Waals surface area contributed by atoms with Crippen molar-refractivity contribution >= 4 is 95.0 Å². The fourth-order valence-electron chi connectivity index (χ4n) is 7.51. The Labute approximate surface area is 266 Å². The highest BCUT2D eigenvalue weighted by atomic mass is 32.1. The van der Waals surface area contributed by atoms with Crippen molar-refractivity contribution in [1.29, 1.82) is 0 Å². The smallest absolute Gasteiger partial charge is 0.144 e. The average Bonchev–Trinajstić information content (AvgIpc) is 3.83. The van der Waals surface area contributed by atoms with Gasteiger partial charge in [0.1, 0.15) is 19.1 Å². The second-order valence-corrected chi connectivity index (χ2v) is 20.3. The topological polar surface area (TPSA) is 38.9 Å². The number of thiophene rings is 4. The monoisotopic (exact) mass is 648 g/mol. The van der Waals surface area contributed by atoms with E-state index in [4.69, 9.17) is 4.63 Å². The van der Waals surface area contributed by atoms with Crippen LogP contribution in [-0.4, -0.2) is 18.4 Å². The van der Waals surface area contributed by atoms with Crippen LogP contribution in [0.3, 0.4) is 0 Å². The summed E-state index contributed by atoms with van der Waals surface area (Å²) in [5.74, 6) is 1.65. The van der Waals surface area contributed by atoms with Crippen molar-refractivity contribution in [2.75, 3.05) is 0 Å². The Morgan fingerprint density at radius 1 is 0.714 bits per heavy atom. The van der Waals surface area contributed by atoms with E-state index in [1.165, 1.54) is 88.0 Å². The summed E-state index contributed by atoms with van der Waals surface area (Å²) in [5, 5.41) is 19.1. The van der Waals surface area contributed by atoms with Crippen LogP contribution < -0.4 is 10.4 Å². The molecular weight excluding hydrogens is 609 g/mol. The minimum Gasteiger partial charge on any atom is -0.243 e. The molecule has 2 unspecified atom stereocenters. The van der Waals surface area contributed by atoms with E-state index < -0.39 is 8.07 Å². The summed E-state index contributed by atoms with van der Waals surface area (Å²) in [4.78, 5) is 6.01. The third-order valence-electron chi connectivity index (χ3n) is 9.84. The first-order chi connectivity index (χ1) is 20.6. The van der Waals surface area contributed by atoms with Gasteiger partial charge in [-0.05, 0) is 73.6 Å². The van der Waals surface area contributed by atoms with E-state index in [2.05, 4.69) is 84.4 Å². The van der Waals surface area contributed by atoms with Crippen molar-refractivity contribution in [2.24, 2.45) is 11.8 Å². The molecule has 6 aromatic rings. The highest BCUT2D eigenvalue weighted by Crippen LogP contribution is 2.49. The molecule has 0 saturated heterocycles. The molecular formula is C34H40N2OS4Si. The molecule has 220 valence electrons. The third kappa shape index (κ3) is 4.67. The van der Waals surface area contributed by atoms with Crippen LogP contribution in [0.4, 0.5) is 0 Å². The van der Waals surface area contributed by atoms with E-state index in [-0.39, 0.29) is 0 Å². The predicted octanol–water partition coefficient (Wildman–Crippen LogP) is 11.4. The summed E-state index contributed by atoms with van der Waals surface area (Å²) in [6.45, 7) is 9.60. The minimum absolute atomic E-state index is 0.826. The lowest BCUT2D eigenvalue weighted by Crippen LogP contribution is -2.56. The highest BCUT2D eigenvalue weighted by molar-refractivity contribution is 7.33. The SMILES string of the molecule is CCCCC(CC)C[Si]1(CC(CC)CCCC)c2ccsc2-c2sc(-c3cc4c5nonc5c5ccsc5c4s3)cc21. The Kier molecular flexibility index (Phi) is 8.20. The fourth-order valence-corrected chi connectivity index (χ4v) is 20.0. The Morgan fingerprint density at radius 2 is 1.38 bits per heavy atom. The average molecular weight is 649 g/mol. The van der Waals surface area contributed by atoms with Gasteiger partial charge in [-0.3, -0.25) is 0 Å². The first-order valence-corrected chi connectivity index (χ1v) is 21.7. The van der Waals surface area contributed by atoms with Crippen molar-refractivity contribution in [3.8, 4) is 19.5 Å². The fraction of sp³-hybridized carbons (Fsp3) is 0.471. The van der Waals surface area contributed by atoms with Gasteiger partial charge in [0.05, 0.1) is 9.40 Å². The van der Waals surface area contributed by atoms with Gasteiger partial charge in [0, 0.05) is 30.3 Å². The number of rotatable bonds is 13. The molecule has 0 spiro atoms. The number of aromatic nitrogens is 2. The van der Waals surface area contributed by atoms with Crippen LogP contribution in [0.2, 0.25) is 12.1 Å². The summed E-state index contributed by atoms with van der Waals surface area (Å²) in [7, 11) is -1.92. The molecule has 0 N–H and O–H groups in total. The standard InChI is InChI=1S/C34H40N2OS4Si/c1-5-9-11-21(7-3)19-42(20-22(8-4)12-10-6-2)27-14-16-39-33(27)34-28(42)18-26(41-34)25-17-24-30-29(35-37-36-30)23-13-15-38-31(23)32(24)40-25/h13-18,21-22H,5-12,19-20H2,1-4H3. The van der Waals surface area contributed by atoms with E-state index in [1.54, 1.807) is 31.5 Å². The minimum atomic E-state index is -1.92. The van der Waals surface area contributed by atoms with Crippen LogP contribution in [0, 0.1) is 11.8 Å². The number of nitrogens with zero attached hydrogens (tertiary/aromatic N) is 2. The van der Waals surface area contributed by atoms with Crippen LogP contribution in [0.15, 0.2) is 39.7 Å². The van der Waals surface area contributed by atoms with Gasteiger partial charge in [-0.25, -0.2) is 4.63 Å². The quantitative estimate of drug-likeness (QED) is 0.117. The van der Waals surface area contributed by atoms with Gasteiger partial charge in [0.25, 0.3) is 0 Å². The van der Waals surface area contributed by atoms with E-state index in [0.717, 1.165) is 28.3 Å². The van der Waals surface area contributed by atoms with Crippen LogP contribution in [-0.2, 0) is 0 Å². The molecule has 0 aliphatic carbocycles. The van der Waals surface area contributed by atoms with Crippen molar-refractivity contribution in [2.45, 2.75) is 91.1 Å². The van der Waals surface area contributed by atoms with Gasteiger partial charge in [-0.1, -0.05) is 85.1 Å². The molecule has 8 heteroatoms. The summed E-state index contributed by atoms with van der Waals surface area (Å²) < 4.78 is 7.87. The van der Waals surface area contributed by atoms with Crippen LogP contribution >= 0.6 is 45.3 Å². The molecule has 42 heavy (non-hydrogen) atoms. The molecule has 0 bridgehead atoms. The van der Waals surface area contributed by atoms with Crippen molar-refractivity contribution in [1.82, 2.24) is 10.3 Å². The lowest BCUT2D eigenvalue weighted by molar-refractivity contribution is 0.316. The zero-order chi connectivity index (χ0) is 28.8. The second kappa shape index (κ2) is 11.9. The molecule has 0 fully saturated rings. The molecule has 7 rings (SSSR count). The maximum absolute atomic E-state index is 5.24. The lowest BCUT2D eigenvalue weighted by Gasteiger charge is -2.35. The summed E-state index contributed by atoms with van der Waals surface area (Å²) in [6, 6.07) is 12.6. The first kappa shape index (κ1) is 28.9. The van der Waals surface area contributed by atoms with E-state index >= 15 is 0 Å². The number of benzene rings is 1. The molecule has 1 aliphatic rings. The Balaban J connectivity index is 1.37. The molecule has 5 aromatic heterocycles. The molecule has 2 atom stereocenters. The van der Waals surface area contributed by atoms with Crippen LogP contribution in [0.25, 0.3) is 50.7 Å². The highest BCUT2D eigenvalue weighted by Gasteiger charge is 2.49. The maximum atomic E-state index is 5.24. The first-order valence-electron chi connectivity index (χ1n) is 15.9. The van der Waals surface area contributed by atoms with Crippen LogP contribution in [0.1, 0.15) is 79.1 Å². The third-order valence-corrected chi connectivity index (χ3v) is 20.2. The molecule has 6 heterocycles. The Morgan fingerprint density at radius 3 is 2.07 bits per heavy atom. The zero-order valence-electron chi connectivity index (χ0n) is 25.1. The number of hydrogen-bond acceptors (Lipinski definition) is 7. The molecule has 0 amide bonds. The van der Waals surface area contributed by atoms with E-state index in [0.29, 0.717) is 0 Å². The Hall–Kier alpha value is -1.84. The normalized spacial score (nSPS) is 17.9. The molecule has 1 aromatic carbocycles. The van der Waals surface area contributed by atoms with Gasteiger partial charge in [0.2, 0.25) is 0 Å². The van der Waals surface area contributed by atoms with Gasteiger partial charge >= 0.3 is 0 Å². The molecule has 0 radical (unpaired) electrons. The summed E-state index contributed by atoms with van der Waals surface area (Å²) in [6.07, 6.45) is 10.7. The van der Waals surface area contributed by atoms with E-state index in [9.17, 15) is 0 Å². The summed E-state index contributed by atoms with van der Waals surface area (Å²) in [5.41, 5.74) is 1.79. The second-order valence-electron chi connectivity index (χ2n) is 12.3. The predicted molar refractivity (Wildman–Crippen MR) is 190 cm³/mol. The number of unbranched alkanes of at least 4 members (excludes halogenated alkanes) is 2. The number of hydrogen-bond donors (Lipinski definition) is 0. The summed E-state index contributed by atoms with van der Waals surface area (Å²) >= 11 is 7.80. The lowest BCUT2D eigenvalue weighted by atomic mass is 10.0. The largest absolute Gasteiger partial charge is 0.243 e. The van der Waals surface area contributed by atoms with Gasteiger partial charge < -0.3 is 0 Å². The number of fused-ring (bicyclic) bond motifs is 9. The van der Waals surface area contributed by atoms with Gasteiger partial charge in [-0.2, -0.15) is 0 Å². The Bertz CT molecular complexity index is 1750. The molecule has 1 aliphatic heterocycles. The maximum Gasteiger partial charge on any atom is 0.144 e. The van der Waals surface area contributed by atoms with Gasteiger partial charge in [-0.15, -0.1) is 45.3 Å². The van der Waals surface area contributed by atoms with Crippen LogP contribution in [0.5, 0.6) is 0 Å².